The second-order valence-corrected chi connectivity index (χ2v) is 12.6. The number of allylic oxidation sites excluding steroid dienone is 2. The fourth-order valence-electron chi connectivity index (χ4n) is 6.92. The molecule has 0 atom stereocenters. The summed E-state index contributed by atoms with van der Waals surface area (Å²) < 4.78 is 0. The molecule has 0 spiro atoms. The molecule has 0 N–H and O–H groups in total. The van der Waals surface area contributed by atoms with Crippen molar-refractivity contribution < 1.29 is 0 Å². The highest BCUT2D eigenvalue weighted by atomic mass is 14.3. The molecule has 0 bridgehead atoms. The van der Waals surface area contributed by atoms with Crippen molar-refractivity contribution in [2.75, 3.05) is 0 Å². The first-order chi connectivity index (χ1) is 18.6. The summed E-state index contributed by atoms with van der Waals surface area (Å²) in [7, 11) is 0. The molecule has 4 aliphatic rings. The number of unbranched alkanes of at least 4 members (excludes halogenated alkanes) is 2. The van der Waals surface area contributed by atoms with Gasteiger partial charge in [0.25, 0.3) is 0 Å². The first-order valence-electron chi connectivity index (χ1n) is 17.4. The van der Waals surface area contributed by atoms with Crippen LogP contribution in [0, 0.1) is 35.5 Å². The lowest BCUT2D eigenvalue weighted by molar-refractivity contribution is 0.180. The van der Waals surface area contributed by atoms with E-state index < -0.39 is 0 Å². The average molecular weight is 529 g/mol. The Kier molecular flexibility index (Phi) is 25.9. The largest absolute Gasteiger partial charge is 0.106 e. The van der Waals surface area contributed by atoms with Gasteiger partial charge in [-0.15, -0.1) is 26.3 Å². The van der Waals surface area contributed by atoms with Crippen LogP contribution in [0.3, 0.4) is 0 Å². The summed E-state index contributed by atoms with van der Waals surface area (Å²) >= 11 is 0. The van der Waals surface area contributed by atoms with E-state index in [1.54, 1.807) is 0 Å². The minimum atomic E-state index is 0.842. The van der Waals surface area contributed by atoms with Gasteiger partial charge in [-0.1, -0.05) is 130 Å². The first-order valence-corrected chi connectivity index (χ1v) is 17.4. The number of hydrogen-bond donors (Lipinski definition) is 0. The van der Waals surface area contributed by atoms with Crippen molar-refractivity contribution in [3.8, 4) is 0 Å². The van der Waals surface area contributed by atoms with Crippen LogP contribution in [0.5, 0.6) is 0 Å². The van der Waals surface area contributed by atoms with Crippen LogP contribution in [0.25, 0.3) is 0 Å². The molecule has 224 valence electrons. The van der Waals surface area contributed by atoms with Gasteiger partial charge in [0.15, 0.2) is 0 Å². The Morgan fingerprint density at radius 1 is 0.395 bits per heavy atom. The summed E-state index contributed by atoms with van der Waals surface area (Å²) in [5.74, 6) is 6.02. The predicted octanol–water partition coefficient (Wildman–Crippen LogP) is 13.5. The van der Waals surface area contributed by atoms with Gasteiger partial charge < -0.3 is 0 Å². The van der Waals surface area contributed by atoms with Crippen LogP contribution in [0.1, 0.15) is 169 Å². The van der Waals surface area contributed by atoms with Gasteiger partial charge in [0.05, 0.1) is 0 Å². The summed E-state index contributed by atoms with van der Waals surface area (Å²) in [5, 5.41) is 0. The molecule has 0 heterocycles. The molecule has 0 heteroatoms. The third kappa shape index (κ3) is 17.0. The Morgan fingerprint density at radius 2 is 0.632 bits per heavy atom. The maximum absolute atomic E-state index is 3.92. The van der Waals surface area contributed by atoms with Crippen LogP contribution < -0.4 is 0 Å². The van der Waals surface area contributed by atoms with Crippen LogP contribution >= 0.6 is 0 Å². The third-order valence-electron chi connectivity index (χ3n) is 9.93. The Morgan fingerprint density at radius 3 is 0.842 bits per heavy atom. The SMILES string of the molecule is C=C.C=CC1CCC(C2CCCCC2)CC1.C=CC1CCC(C2CCCCC2)CC1.CCCC.CCCC. The van der Waals surface area contributed by atoms with Crippen molar-refractivity contribution in [2.24, 2.45) is 35.5 Å². The van der Waals surface area contributed by atoms with E-state index in [2.05, 4.69) is 66.2 Å². The summed E-state index contributed by atoms with van der Waals surface area (Å²) in [4.78, 5) is 0. The molecule has 4 rings (SSSR count). The lowest BCUT2D eigenvalue weighted by Gasteiger charge is -2.35. The van der Waals surface area contributed by atoms with E-state index in [1.165, 1.54) is 141 Å². The van der Waals surface area contributed by atoms with E-state index in [0.29, 0.717) is 0 Å². The molecule has 0 aliphatic heterocycles. The van der Waals surface area contributed by atoms with E-state index in [4.69, 9.17) is 0 Å². The summed E-state index contributed by atoms with van der Waals surface area (Å²) in [6.45, 7) is 22.6. The molecule has 0 unspecified atom stereocenters. The zero-order valence-electron chi connectivity index (χ0n) is 27.0. The third-order valence-corrected chi connectivity index (χ3v) is 9.93. The van der Waals surface area contributed by atoms with Crippen LogP contribution in [-0.2, 0) is 0 Å². The van der Waals surface area contributed by atoms with Crippen LogP contribution in [0.4, 0.5) is 0 Å². The van der Waals surface area contributed by atoms with Crippen LogP contribution in [0.15, 0.2) is 38.5 Å². The number of hydrogen-bond acceptors (Lipinski definition) is 0. The lowest BCUT2D eigenvalue weighted by atomic mass is 9.71. The van der Waals surface area contributed by atoms with Gasteiger partial charge >= 0.3 is 0 Å². The minimum Gasteiger partial charge on any atom is -0.106 e. The molecule has 0 saturated heterocycles. The fourth-order valence-corrected chi connectivity index (χ4v) is 6.92. The highest BCUT2D eigenvalue weighted by Gasteiger charge is 2.28. The second kappa shape index (κ2) is 26.4. The summed E-state index contributed by atoms with van der Waals surface area (Å²) in [6.07, 6.45) is 36.4. The van der Waals surface area contributed by atoms with E-state index in [1.807, 2.05) is 0 Å². The summed E-state index contributed by atoms with van der Waals surface area (Å²) in [5.41, 5.74) is 0. The van der Waals surface area contributed by atoms with Crippen molar-refractivity contribution in [3.63, 3.8) is 0 Å². The Balaban J connectivity index is 0.000000538. The van der Waals surface area contributed by atoms with Gasteiger partial charge in [-0.2, -0.15) is 0 Å². The van der Waals surface area contributed by atoms with E-state index in [0.717, 1.165) is 35.5 Å². The highest BCUT2D eigenvalue weighted by molar-refractivity contribution is 4.87. The molecular weight excluding hydrogens is 456 g/mol. The van der Waals surface area contributed by atoms with Gasteiger partial charge in [-0.25, -0.2) is 0 Å². The van der Waals surface area contributed by atoms with Gasteiger partial charge in [0.1, 0.15) is 0 Å². The Bertz CT molecular complexity index is 440. The zero-order chi connectivity index (χ0) is 28.4. The maximum atomic E-state index is 3.92. The van der Waals surface area contributed by atoms with Gasteiger partial charge in [-0.05, 0) is 86.9 Å². The predicted molar refractivity (Wildman–Crippen MR) is 177 cm³/mol. The van der Waals surface area contributed by atoms with Crippen molar-refractivity contribution in [3.05, 3.63) is 38.5 Å². The monoisotopic (exact) mass is 529 g/mol. The van der Waals surface area contributed by atoms with Gasteiger partial charge in [0, 0.05) is 0 Å². The van der Waals surface area contributed by atoms with Crippen molar-refractivity contribution >= 4 is 0 Å². The van der Waals surface area contributed by atoms with Crippen molar-refractivity contribution in [2.45, 2.75) is 169 Å². The topological polar surface area (TPSA) is 0 Å². The Labute approximate surface area is 242 Å². The molecule has 0 aromatic heterocycles. The second-order valence-electron chi connectivity index (χ2n) is 12.6. The molecule has 0 radical (unpaired) electrons. The molecule has 0 amide bonds. The molecule has 38 heavy (non-hydrogen) atoms. The molecule has 0 aromatic rings. The quantitative estimate of drug-likeness (QED) is 0.301. The van der Waals surface area contributed by atoms with Gasteiger partial charge in [-0.3, -0.25) is 0 Å². The smallest absolute Gasteiger partial charge is 0.0236 e. The first kappa shape index (κ1) is 37.2. The standard InChI is InChI=1S/2C14H24.2C4H10.C2H4/c2*1-2-12-8-10-14(11-9-12)13-6-4-3-5-7-13;2*1-3-4-2;1-2/h2*2,12-14H,1,3-11H2;2*3-4H2,1-2H3;1-2H2. The normalized spacial score (nSPS) is 27.8. The van der Waals surface area contributed by atoms with Gasteiger partial charge in [0.2, 0.25) is 0 Å². The maximum Gasteiger partial charge on any atom is -0.0236 e. The van der Waals surface area contributed by atoms with E-state index >= 15 is 0 Å². The zero-order valence-corrected chi connectivity index (χ0v) is 27.0. The molecule has 4 fully saturated rings. The van der Waals surface area contributed by atoms with E-state index in [-0.39, 0.29) is 0 Å². The average Bonchev–Trinajstić information content (AvgIpc) is 3.03. The lowest BCUT2D eigenvalue weighted by Crippen LogP contribution is -2.22. The number of rotatable bonds is 6. The van der Waals surface area contributed by atoms with Crippen LogP contribution in [0.2, 0.25) is 0 Å². The molecule has 0 nitrogen and oxygen atoms in total. The summed E-state index contributed by atoms with van der Waals surface area (Å²) in [6, 6.07) is 0. The minimum absolute atomic E-state index is 0.842. The molecule has 0 aromatic carbocycles. The fraction of sp³-hybridized carbons (Fsp3) is 0.842. The highest BCUT2D eigenvalue weighted by Crippen LogP contribution is 2.41. The van der Waals surface area contributed by atoms with Crippen molar-refractivity contribution in [1.82, 2.24) is 0 Å². The van der Waals surface area contributed by atoms with Crippen molar-refractivity contribution in [1.29, 1.82) is 0 Å². The molecule has 4 saturated carbocycles. The Hall–Kier alpha value is -0.780. The van der Waals surface area contributed by atoms with E-state index in [9.17, 15) is 0 Å². The molecule has 4 aliphatic carbocycles. The van der Waals surface area contributed by atoms with Crippen LogP contribution in [-0.4, -0.2) is 0 Å². The molecular formula is C38H72.